The van der Waals surface area contributed by atoms with Crippen LogP contribution in [0.5, 0.6) is 0 Å². The third-order valence-corrected chi connectivity index (χ3v) is 2.03. The molecule has 1 aromatic rings. The minimum absolute atomic E-state index is 0.122. The summed E-state index contributed by atoms with van der Waals surface area (Å²) in [6.45, 7) is 5.68. The number of nitrogens with zero attached hydrogens (tertiary/aromatic N) is 1. The highest BCUT2D eigenvalue weighted by atomic mass is 16.6. The Kier molecular flexibility index (Phi) is 2.13. The van der Waals surface area contributed by atoms with Gasteiger partial charge in [0.05, 0.1) is 5.59 Å². The Balaban J connectivity index is 1.99. The molecule has 4 nitrogen and oxygen atoms in total. The number of hydrogen-bond acceptors (Lipinski definition) is 3. The predicted octanol–water partition coefficient (Wildman–Crippen LogP) is 0.178. The summed E-state index contributed by atoms with van der Waals surface area (Å²) in [4.78, 5) is 0. The molecule has 5 heteroatoms. The van der Waals surface area contributed by atoms with E-state index in [1.807, 2.05) is 6.07 Å². The fraction of sp³-hybridized carbons (Fsp3) is 0.625. The van der Waals surface area contributed by atoms with Crippen molar-refractivity contribution < 1.29 is 9.31 Å². The second-order valence-electron chi connectivity index (χ2n) is 4.13. The van der Waals surface area contributed by atoms with E-state index in [0.717, 1.165) is 18.8 Å². The van der Waals surface area contributed by atoms with Crippen LogP contribution in [0.25, 0.3) is 0 Å². The van der Waals surface area contributed by atoms with Crippen molar-refractivity contribution in [2.75, 3.05) is 13.2 Å². The lowest BCUT2D eigenvalue weighted by molar-refractivity contribution is 0.0339. The summed E-state index contributed by atoms with van der Waals surface area (Å²) in [6.07, 6.45) is 1.70. The normalized spacial score (nSPS) is 21.8. The summed E-state index contributed by atoms with van der Waals surface area (Å²) in [7, 11) is -0.268. The quantitative estimate of drug-likeness (QED) is 0.627. The molecule has 0 aromatic carbocycles. The van der Waals surface area contributed by atoms with Gasteiger partial charge in [0.2, 0.25) is 0 Å². The number of aromatic amines is 1. The van der Waals surface area contributed by atoms with Crippen molar-refractivity contribution >= 4 is 12.7 Å². The van der Waals surface area contributed by atoms with Gasteiger partial charge in [-0.25, -0.2) is 0 Å². The fourth-order valence-electron chi connectivity index (χ4n) is 1.27. The molecule has 0 unspecified atom stereocenters. The maximum atomic E-state index is 5.54. The molecule has 0 bridgehead atoms. The average molecular weight is 180 g/mol. The SMILES string of the molecule is CC1(C)COB(c2ccn[nH]2)OC1. The maximum Gasteiger partial charge on any atom is 0.512 e. The van der Waals surface area contributed by atoms with Crippen LogP contribution in [0.3, 0.4) is 0 Å². The lowest BCUT2D eigenvalue weighted by Crippen LogP contribution is -2.47. The number of rotatable bonds is 1. The highest BCUT2D eigenvalue weighted by Crippen LogP contribution is 2.20. The summed E-state index contributed by atoms with van der Waals surface area (Å²) in [5.41, 5.74) is 1.01. The molecule has 0 radical (unpaired) electrons. The zero-order valence-electron chi connectivity index (χ0n) is 7.91. The summed E-state index contributed by atoms with van der Waals surface area (Å²) >= 11 is 0. The second-order valence-corrected chi connectivity index (χ2v) is 4.13. The van der Waals surface area contributed by atoms with E-state index in [9.17, 15) is 0 Å². The van der Waals surface area contributed by atoms with Crippen molar-refractivity contribution in [3.63, 3.8) is 0 Å². The first-order valence-electron chi connectivity index (χ1n) is 4.40. The summed E-state index contributed by atoms with van der Waals surface area (Å²) < 4.78 is 11.1. The van der Waals surface area contributed by atoms with Gasteiger partial charge in [0.15, 0.2) is 0 Å². The van der Waals surface area contributed by atoms with Crippen molar-refractivity contribution in [3.05, 3.63) is 12.3 Å². The molecule has 0 spiro atoms. The van der Waals surface area contributed by atoms with E-state index in [1.54, 1.807) is 6.20 Å². The molecule has 1 N–H and O–H groups in total. The highest BCUT2D eigenvalue weighted by molar-refractivity contribution is 6.60. The van der Waals surface area contributed by atoms with Gasteiger partial charge in [0.1, 0.15) is 0 Å². The van der Waals surface area contributed by atoms with Crippen LogP contribution in [0, 0.1) is 5.41 Å². The van der Waals surface area contributed by atoms with Gasteiger partial charge in [0, 0.05) is 24.8 Å². The zero-order valence-corrected chi connectivity index (χ0v) is 7.91. The zero-order chi connectivity index (χ0) is 9.31. The van der Waals surface area contributed by atoms with Crippen molar-refractivity contribution in [1.82, 2.24) is 10.2 Å². The minimum Gasteiger partial charge on any atom is -0.406 e. The number of nitrogens with one attached hydrogen (secondary N) is 1. The van der Waals surface area contributed by atoms with Crippen LogP contribution in [0.2, 0.25) is 0 Å². The largest absolute Gasteiger partial charge is 0.512 e. The summed E-state index contributed by atoms with van der Waals surface area (Å²) in [5, 5.41) is 6.68. The molecule has 0 atom stereocenters. The molecule has 1 aliphatic rings. The van der Waals surface area contributed by atoms with Crippen molar-refractivity contribution in [2.24, 2.45) is 5.41 Å². The third kappa shape index (κ3) is 1.92. The van der Waals surface area contributed by atoms with Gasteiger partial charge >= 0.3 is 7.12 Å². The van der Waals surface area contributed by atoms with Crippen LogP contribution in [0.15, 0.2) is 12.3 Å². The Morgan fingerprint density at radius 1 is 1.46 bits per heavy atom. The van der Waals surface area contributed by atoms with Gasteiger partial charge in [-0.1, -0.05) is 13.8 Å². The Morgan fingerprint density at radius 3 is 2.69 bits per heavy atom. The first-order valence-corrected chi connectivity index (χ1v) is 4.40. The molecule has 1 aromatic heterocycles. The van der Waals surface area contributed by atoms with Gasteiger partial charge in [0.25, 0.3) is 0 Å². The first-order chi connectivity index (χ1) is 6.17. The molecule has 2 heterocycles. The third-order valence-electron chi connectivity index (χ3n) is 2.03. The minimum atomic E-state index is -0.268. The van der Waals surface area contributed by atoms with E-state index in [0.29, 0.717) is 0 Å². The van der Waals surface area contributed by atoms with Crippen LogP contribution in [-0.4, -0.2) is 30.5 Å². The van der Waals surface area contributed by atoms with E-state index in [4.69, 9.17) is 9.31 Å². The average Bonchev–Trinajstić information content (AvgIpc) is 2.56. The van der Waals surface area contributed by atoms with E-state index in [1.165, 1.54) is 0 Å². The smallest absolute Gasteiger partial charge is 0.406 e. The molecule has 13 heavy (non-hydrogen) atoms. The molecule has 1 saturated heterocycles. The van der Waals surface area contributed by atoms with E-state index in [-0.39, 0.29) is 12.5 Å². The molecule has 0 aliphatic carbocycles. The maximum absolute atomic E-state index is 5.54. The molecular weight excluding hydrogens is 167 g/mol. The van der Waals surface area contributed by atoms with Crippen molar-refractivity contribution in [3.8, 4) is 0 Å². The van der Waals surface area contributed by atoms with Crippen LogP contribution >= 0.6 is 0 Å². The van der Waals surface area contributed by atoms with Crippen molar-refractivity contribution in [1.29, 1.82) is 0 Å². The molecule has 0 saturated carbocycles. The van der Waals surface area contributed by atoms with Crippen LogP contribution in [0.4, 0.5) is 0 Å². The Bertz CT molecular complexity index is 264. The fourth-order valence-corrected chi connectivity index (χ4v) is 1.27. The van der Waals surface area contributed by atoms with Gasteiger partial charge in [-0.05, 0) is 6.07 Å². The topological polar surface area (TPSA) is 47.1 Å². The second kappa shape index (κ2) is 3.16. The lowest BCUT2D eigenvalue weighted by Gasteiger charge is -2.32. The Hall–Kier alpha value is -0.805. The van der Waals surface area contributed by atoms with Crippen molar-refractivity contribution in [2.45, 2.75) is 13.8 Å². The summed E-state index contributed by atoms with van der Waals surface area (Å²) in [6, 6.07) is 1.86. The van der Waals surface area contributed by atoms with Gasteiger partial charge in [-0.2, -0.15) is 5.10 Å². The van der Waals surface area contributed by atoms with E-state index >= 15 is 0 Å². The molecular formula is C8H13BN2O2. The molecule has 2 rings (SSSR count). The van der Waals surface area contributed by atoms with Gasteiger partial charge < -0.3 is 9.31 Å². The lowest BCUT2D eigenvalue weighted by atomic mass is 9.80. The van der Waals surface area contributed by atoms with Crippen LogP contribution in [0.1, 0.15) is 13.8 Å². The molecule has 70 valence electrons. The predicted molar refractivity (Wildman–Crippen MR) is 49.7 cm³/mol. The first kappa shape index (κ1) is 8.78. The molecule has 1 fully saturated rings. The van der Waals surface area contributed by atoms with E-state index < -0.39 is 0 Å². The Labute approximate surface area is 77.8 Å². The van der Waals surface area contributed by atoms with Crippen LogP contribution < -0.4 is 5.59 Å². The van der Waals surface area contributed by atoms with Crippen LogP contribution in [-0.2, 0) is 9.31 Å². The van der Waals surface area contributed by atoms with E-state index in [2.05, 4.69) is 24.0 Å². The Morgan fingerprint density at radius 2 is 2.15 bits per heavy atom. The molecule has 1 aliphatic heterocycles. The monoisotopic (exact) mass is 180 g/mol. The summed E-state index contributed by atoms with van der Waals surface area (Å²) in [5.74, 6) is 0. The van der Waals surface area contributed by atoms with Gasteiger partial charge in [-0.3, -0.25) is 5.10 Å². The standard InChI is InChI=1S/C8H13BN2O2/c1-8(2)5-12-9(13-6-8)7-3-4-10-11-7/h3-4H,5-6H2,1-2H3,(H,10,11). The molecule has 0 amide bonds. The number of H-pyrrole nitrogens is 1. The highest BCUT2D eigenvalue weighted by Gasteiger charge is 2.34. The van der Waals surface area contributed by atoms with Gasteiger partial charge in [-0.15, -0.1) is 0 Å². The number of hydrogen-bond donors (Lipinski definition) is 1. The number of aromatic nitrogens is 2.